The number of hydrogen-bond donors (Lipinski definition) is 1. The monoisotopic (exact) mass is 413 g/mol. The van der Waals surface area contributed by atoms with E-state index < -0.39 is 0 Å². The number of likely N-dealkylation sites (N-methyl/N-ethyl adjacent to an activating group) is 1. The van der Waals surface area contributed by atoms with Crippen molar-refractivity contribution in [1.82, 2.24) is 19.9 Å². The van der Waals surface area contributed by atoms with Gasteiger partial charge in [-0.25, -0.2) is 0 Å². The molecule has 1 aliphatic rings. The average molecular weight is 414 g/mol. The van der Waals surface area contributed by atoms with Gasteiger partial charge in [-0.1, -0.05) is 23.4 Å². The number of carbonyl (C=O) groups is 2. The molecule has 1 N–H and O–H groups in total. The number of hydrogen-bond acceptors (Lipinski definition) is 6. The van der Waals surface area contributed by atoms with Crippen LogP contribution in [-0.2, 0) is 16.1 Å². The lowest BCUT2D eigenvalue weighted by molar-refractivity contribution is -0.134. The van der Waals surface area contributed by atoms with Crippen LogP contribution in [0.4, 0.5) is 5.69 Å². The molecule has 0 atom stereocenters. The van der Waals surface area contributed by atoms with Gasteiger partial charge in [-0.15, -0.1) is 0 Å². The van der Waals surface area contributed by atoms with Crippen molar-refractivity contribution in [3.63, 3.8) is 0 Å². The quantitative estimate of drug-likeness (QED) is 0.746. The number of amides is 2. The molecule has 162 valence electrons. The van der Waals surface area contributed by atoms with E-state index in [1.54, 1.807) is 7.05 Å². The standard InChI is InChI=1S/C22H31N5O3/c1-16-6-5-7-17(2)22(16)23-20(28)14-25(4)21(29)15-27-10-8-26(9-11-27)13-19-12-18(3)30-24-19/h5-7,12H,8-11,13-15H2,1-4H3,(H,23,28). The highest BCUT2D eigenvalue weighted by atomic mass is 16.5. The van der Waals surface area contributed by atoms with E-state index in [4.69, 9.17) is 4.52 Å². The predicted molar refractivity (Wildman–Crippen MR) is 115 cm³/mol. The zero-order valence-electron chi connectivity index (χ0n) is 18.3. The molecular formula is C22H31N5O3. The summed E-state index contributed by atoms with van der Waals surface area (Å²) in [5, 5.41) is 6.97. The number of nitrogens with zero attached hydrogens (tertiary/aromatic N) is 4. The van der Waals surface area contributed by atoms with Gasteiger partial charge >= 0.3 is 0 Å². The number of aryl methyl sites for hydroxylation is 3. The van der Waals surface area contributed by atoms with Gasteiger partial charge in [0, 0.05) is 51.5 Å². The first kappa shape index (κ1) is 22.0. The van der Waals surface area contributed by atoms with Crippen molar-refractivity contribution in [2.45, 2.75) is 27.3 Å². The third kappa shape index (κ3) is 5.90. The highest BCUT2D eigenvalue weighted by molar-refractivity contribution is 5.95. The molecule has 1 fully saturated rings. The van der Waals surface area contributed by atoms with Crippen LogP contribution in [0.15, 0.2) is 28.8 Å². The highest BCUT2D eigenvalue weighted by Crippen LogP contribution is 2.19. The number of carbonyl (C=O) groups excluding carboxylic acids is 2. The fourth-order valence-corrected chi connectivity index (χ4v) is 3.63. The molecule has 1 aromatic carbocycles. The minimum absolute atomic E-state index is 0.0398. The van der Waals surface area contributed by atoms with E-state index in [1.807, 2.05) is 45.0 Å². The number of para-hydroxylation sites is 1. The summed E-state index contributed by atoms with van der Waals surface area (Å²) in [5.41, 5.74) is 3.78. The molecule has 0 aliphatic carbocycles. The van der Waals surface area contributed by atoms with Gasteiger partial charge in [-0.05, 0) is 31.9 Å². The van der Waals surface area contributed by atoms with Crippen LogP contribution in [0.25, 0.3) is 0 Å². The number of nitrogens with one attached hydrogen (secondary N) is 1. The SMILES string of the molecule is Cc1cc(CN2CCN(CC(=O)N(C)CC(=O)Nc3c(C)cccc3C)CC2)no1. The van der Waals surface area contributed by atoms with Crippen molar-refractivity contribution in [2.24, 2.45) is 0 Å². The Morgan fingerprint density at radius 3 is 2.33 bits per heavy atom. The van der Waals surface area contributed by atoms with E-state index in [-0.39, 0.29) is 18.4 Å². The van der Waals surface area contributed by atoms with Crippen molar-refractivity contribution >= 4 is 17.5 Å². The maximum absolute atomic E-state index is 12.6. The van der Waals surface area contributed by atoms with Gasteiger partial charge in [0.05, 0.1) is 18.8 Å². The molecule has 0 radical (unpaired) electrons. The molecule has 1 aromatic heterocycles. The highest BCUT2D eigenvalue weighted by Gasteiger charge is 2.22. The van der Waals surface area contributed by atoms with Crippen molar-refractivity contribution in [3.05, 3.63) is 46.8 Å². The first-order valence-electron chi connectivity index (χ1n) is 10.3. The van der Waals surface area contributed by atoms with Crippen molar-refractivity contribution in [2.75, 3.05) is 51.6 Å². The number of anilines is 1. The Morgan fingerprint density at radius 1 is 1.10 bits per heavy atom. The van der Waals surface area contributed by atoms with Gasteiger partial charge < -0.3 is 14.7 Å². The van der Waals surface area contributed by atoms with Crippen LogP contribution in [0.3, 0.4) is 0 Å². The molecule has 2 aromatic rings. The minimum Gasteiger partial charge on any atom is -0.361 e. The van der Waals surface area contributed by atoms with Gasteiger partial charge in [0.2, 0.25) is 11.8 Å². The number of aromatic nitrogens is 1. The van der Waals surface area contributed by atoms with Crippen molar-refractivity contribution in [3.8, 4) is 0 Å². The maximum atomic E-state index is 12.6. The minimum atomic E-state index is -0.184. The Labute approximate surface area is 177 Å². The van der Waals surface area contributed by atoms with E-state index >= 15 is 0 Å². The fraction of sp³-hybridized carbons (Fsp3) is 0.500. The maximum Gasteiger partial charge on any atom is 0.243 e. The van der Waals surface area contributed by atoms with Crippen LogP contribution >= 0.6 is 0 Å². The van der Waals surface area contributed by atoms with E-state index in [9.17, 15) is 9.59 Å². The zero-order valence-corrected chi connectivity index (χ0v) is 18.3. The van der Waals surface area contributed by atoms with E-state index in [2.05, 4.69) is 20.3 Å². The Kier molecular flexibility index (Phi) is 7.23. The molecule has 2 heterocycles. The Bertz CT molecular complexity index is 866. The second-order valence-corrected chi connectivity index (χ2v) is 8.05. The van der Waals surface area contributed by atoms with Gasteiger partial charge in [0.25, 0.3) is 0 Å². The first-order chi connectivity index (χ1) is 14.3. The summed E-state index contributed by atoms with van der Waals surface area (Å²) < 4.78 is 5.12. The normalized spacial score (nSPS) is 15.2. The summed E-state index contributed by atoms with van der Waals surface area (Å²) in [6, 6.07) is 7.83. The molecule has 0 bridgehead atoms. The molecule has 0 unspecified atom stereocenters. The third-order valence-electron chi connectivity index (χ3n) is 5.44. The molecule has 8 nitrogen and oxygen atoms in total. The van der Waals surface area contributed by atoms with E-state index in [1.165, 1.54) is 4.90 Å². The first-order valence-corrected chi connectivity index (χ1v) is 10.3. The van der Waals surface area contributed by atoms with Gasteiger partial charge in [-0.3, -0.25) is 19.4 Å². The van der Waals surface area contributed by atoms with Crippen LogP contribution in [0, 0.1) is 20.8 Å². The summed E-state index contributed by atoms with van der Waals surface area (Å²) in [4.78, 5) is 30.9. The lowest BCUT2D eigenvalue weighted by Crippen LogP contribution is -2.50. The lowest BCUT2D eigenvalue weighted by atomic mass is 10.1. The number of piperazine rings is 1. The summed E-state index contributed by atoms with van der Waals surface area (Å²) in [6.45, 7) is 10.3. The van der Waals surface area contributed by atoms with Crippen LogP contribution in [0.2, 0.25) is 0 Å². The van der Waals surface area contributed by atoms with Crippen molar-refractivity contribution in [1.29, 1.82) is 0 Å². The van der Waals surface area contributed by atoms with Gasteiger partial charge in [0.15, 0.2) is 0 Å². The average Bonchev–Trinajstić information content (AvgIpc) is 3.11. The topological polar surface area (TPSA) is 81.9 Å². The second kappa shape index (κ2) is 9.86. The molecule has 8 heteroatoms. The summed E-state index contributed by atoms with van der Waals surface area (Å²) in [7, 11) is 1.68. The molecule has 0 spiro atoms. The Hall–Kier alpha value is -2.71. The zero-order chi connectivity index (χ0) is 21.7. The molecule has 0 saturated carbocycles. The van der Waals surface area contributed by atoms with Crippen LogP contribution < -0.4 is 5.32 Å². The molecule has 2 amide bonds. The van der Waals surface area contributed by atoms with Crippen LogP contribution in [-0.4, -0.2) is 78.0 Å². The summed E-state index contributed by atoms with van der Waals surface area (Å²) >= 11 is 0. The molecule has 1 aliphatic heterocycles. The number of benzene rings is 1. The largest absolute Gasteiger partial charge is 0.361 e. The van der Waals surface area contributed by atoms with Crippen molar-refractivity contribution < 1.29 is 14.1 Å². The van der Waals surface area contributed by atoms with E-state index in [0.29, 0.717) is 6.54 Å². The fourth-order valence-electron chi connectivity index (χ4n) is 3.63. The molecule has 1 saturated heterocycles. The smallest absolute Gasteiger partial charge is 0.243 e. The molecule has 30 heavy (non-hydrogen) atoms. The molecule has 3 rings (SSSR count). The molecular weight excluding hydrogens is 382 g/mol. The third-order valence-corrected chi connectivity index (χ3v) is 5.44. The number of rotatable bonds is 7. The van der Waals surface area contributed by atoms with Crippen LogP contribution in [0.5, 0.6) is 0 Å². The lowest BCUT2D eigenvalue weighted by Gasteiger charge is -2.34. The van der Waals surface area contributed by atoms with Gasteiger partial charge in [0.1, 0.15) is 5.76 Å². The summed E-state index contributed by atoms with van der Waals surface area (Å²) in [5.74, 6) is 0.585. The predicted octanol–water partition coefficient (Wildman–Crippen LogP) is 1.81. The van der Waals surface area contributed by atoms with E-state index in [0.717, 1.165) is 61.0 Å². The van der Waals surface area contributed by atoms with Gasteiger partial charge in [-0.2, -0.15) is 0 Å². The Morgan fingerprint density at radius 2 is 1.73 bits per heavy atom. The Balaban J connectivity index is 1.41. The second-order valence-electron chi connectivity index (χ2n) is 8.05. The van der Waals surface area contributed by atoms with Crippen LogP contribution in [0.1, 0.15) is 22.6 Å². The summed E-state index contributed by atoms with van der Waals surface area (Å²) in [6.07, 6.45) is 0.